The van der Waals surface area contributed by atoms with E-state index in [4.69, 9.17) is 11.5 Å². The van der Waals surface area contributed by atoms with E-state index in [1.54, 1.807) is 0 Å². The van der Waals surface area contributed by atoms with Crippen LogP contribution >= 0.6 is 0 Å². The lowest BCUT2D eigenvalue weighted by atomic mass is 9.75. The van der Waals surface area contributed by atoms with Gasteiger partial charge in [-0.3, -0.25) is 14.4 Å². The molecule has 1 rings (SSSR count). The van der Waals surface area contributed by atoms with Crippen molar-refractivity contribution < 1.29 is 19.5 Å². The Balaban J connectivity index is 2.62. The van der Waals surface area contributed by atoms with Crippen LogP contribution in [-0.2, 0) is 14.4 Å². The molecule has 1 atom stereocenters. The van der Waals surface area contributed by atoms with Gasteiger partial charge in [0.15, 0.2) is 0 Å². The summed E-state index contributed by atoms with van der Waals surface area (Å²) < 4.78 is 0. The Bertz CT molecular complexity index is 389. The summed E-state index contributed by atoms with van der Waals surface area (Å²) in [5, 5.41) is 9.38. The predicted octanol–water partition coefficient (Wildman–Crippen LogP) is -0.317. The number of nitrogens with two attached hydrogens (primary N) is 2. The molecule has 0 spiro atoms. The van der Waals surface area contributed by atoms with Crippen LogP contribution in [0.4, 0.5) is 0 Å². The van der Waals surface area contributed by atoms with E-state index < -0.39 is 23.3 Å². The first-order valence-corrected chi connectivity index (χ1v) is 6.88. The standard InChI is InChI=1S/C13H23N3O4/c1-2-3-13(12(19)20)4-6-16(7-5-13)11(18)9(14)8-10(15)17/h9H,2-8,14H2,1H3,(H2,15,17)(H,19,20). The molecule has 0 aromatic rings. The summed E-state index contributed by atoms with van der Waals surface area (Å²) >= 11 is 0. The second kappa shape index (κ2) is 6.69. The van der Waals surface area contributed by atoms with Crippen LogP contribution < -0.4 is 11.5 Å². The Morgan fingerprint density at radius 3 is 2.25 bits per heavy atom. The summed E-state index contributed by atoms with van der Waals surface area (Å²) in [4.78, 5) is 35.8. The van der Waals surface area contributed by atoms with Crippen LogP contribution in [0, 0.1) is 5.41 Å². The van der Waals surface area contributed by atoms with Crippen molar-refractivity contribution in [2.75, 3.05) is 13.1 Å². The summed E-state index contributed by atoms with van der Waals surface area (Å²) in [6.07, 6.45) is 2.06. The maximum atomic E-state index is 12.0. The number of primary amides is 1. The Morgan fingerprint density at radius 1 is 1.30 bits per heavy atom. The third-order valence-electron chi connectivity index (χ3n) is 3.95. The van der Waals surface area contributed by atoms with Gasteiger partial charge in [-0.15, -0.1) is 0 Å². The highest BCUT2D eigenvalue weighted by Gasteiger charge is 2.42. The lowest BCUT2D eigenvalue weighted by molar-refractivity contribution is -0.155. The van der Waals surface area contributed by atoms with Crippen LogP contribution in [-0.4, -0.2) is 46.9 Å². The molecule has 0 saturated carbocycles. The number of amides is 2. The summed E-state index contributed by atoms with van der Waals surface area (Å²) in [5.74, 6) is -1.75. The number of rotatable bonds is 6. The van der Waals surface area contributed by atoms with E-state index in [2.05, 4.69) is 0 Å². The van der Waals surface area contributed by atoms with E-state index in [1.807, 2.05) is 6.92 Å². The van der Waals surface area contributed by atoms with Crippen LogP contribution in [0.25, 0.3) is 0 Å². The van der Waals surface area contributed by atoms with Crippen molar-refractivity contribution in [3.05, 3.63) is 0 Å². The third-order valence-corrected chi connectivity index (χ3v) is 3.95. The Kier molecular flexibility index (Phi) is 5.50. The number of nitrogens with zero attached hydrogens (tertiary/aromatic N) is 1. The number of piperidine rings is 1. The molecular formula is C13H23N3O4. The number of hydrogen-bond acceptors (Lipinski definition) is 4. The number of hydrogen-bond donors (Lipinski definition) is 3. The van der Waals surface area contributed by atoms with Gasteiger partial charge < -0.3 is 21.5 Å². The van der Waals surface area contributed by atoms with Crippen molar-refractivity contribution in [2.45, 2.75) is 45.1 Å². The molecule has 0 aliphatic carbocycles. The van der Waals surface area contributed by atoms with Gasteiger partial charge in [-0.25, -0.2) is 0 Å². The fraction of sp³-hybridized carbons (Fsp3) is 0.769. The van der Waals surface area contributed by atoms with Crippen molar-refractivity contribution in [2.24, 2.45) is 16.9 Å². The number of carboxylic acids is 1. The van der Waals surface area contributed by atoms with Gasteiger partial charge in [-0.05, 0) is 19.3 Å². The molecular weight excluding hydrogens is 262 g/mol. The summed E-state index contributed by atoms with van der Waals surface area (Å²) in [6, 6.07) is -0.934. The van der Waals surface area contributed by atoms with E-state index >= 15 is 0 Å². The first-order valence-electron chi connectivity index (χ1n) is 6.88. The number of aliphatic carboxylic acids is 1. The van der Waals surface area contributed by atoms with E-state index in [0.717, 1.165) is 6.42 Å². The quantitative estimate of drug-likeness (QED) is 0.616. The number of carbonyl (C=O) groups excluding carboxylic acids is 2. The zero-order valence-electron chi connectivity index (χ0n) is 11.8. The SMILES string of the molecule is CCCC1(C(=O)O)CCN(C(=O)C(N)CC(N)=O)CC1. The smallest absolute Gasteiger partial charge is 0.309 e. The molecule has 1 unspecified atom stereocenters. The molecule has 7 nitrogen and oxygen atoms in total. The minimum atomic E-state index is -0.934. The summed E-state index contributed by atoms with van der Waals surface area (Å²) in [6.45, 7) is 2.67. The zero-order valence-corrected chi connectivity index (χ0v) is 11.8. The van der Waals surface area contributed by atoms with Crippen LogP contribution in [0.2, 0.25) is 0 Å². The maximum absolute atomic E-state index is 12.0. The molecule has 20 heavy (non-hydrogen) atoms. The molecule has 5 N–H and O–H groups in total. The monoisotopic (exact) mass is 285 g/mol. The molecule has 0 aromatic heterocycles. The molecule has 7 heteroatoms. The fourth-order valence-corrected chi connectivity index (χ4v) is 2.74. The van der Waals surface area contributed by atoms with Crippen LogP contribution in [0.5, 0.6) is 0 Å². The third kappa shape index (κ3) is 3.69. The maximum Gasteiger partial charge on any atom is 0.309 e. The first-order chi connectivity index (χ1) is 9.32. The van der Waals surface area contributed by atoms with Crippen LogP contribution in [0.1, 0.15) is 39.0 Å². The zero-order chi connectivity index (χ0) is 15.3. The molecule has 0 bridgehead atoms. The van der Waals surface area contributed by atoms with Gasteiger partial charge >= 0.3 is 5.97 Å². The molecule has 0 aromatic carbocycles. The Labute approximate surface area is 118 Å². The minimum absolute atomic E-state index is 0.186. The van der Waals surface area contributed by atoms with E-state index in [-0.39, 0.29) is 12.3 Å². The lowest BCUT2D eigenvalue weighted by Gasteiger charge is -2.39. The minimum Gasteiger partial charge on any atom is -0.481 e. The molecule has 114 valence electrons. The summed E-state index contributed by atoms with van der Waals surface area (Å²) in [5.41, 5.74) is 9.91. The van der Waals surface area contributed by atoms with Gasteiger partial charge in [-0.1, -0.05) is 13.3 Å². The fourth-order valence-electron chi connectivity index (χ4n) is 2.74. The van der Waals surface area contributed by atoms with Crippen molar-refractivity contribution >= 4 is 17.8 Å². The van der Waals surface area contributed by atoms with Crippen molar-refractivity contribution in [1.29, 1.82) is 0 Å². The highest BCUT2D eigenvalue weighted by Crippen LogP contribution is 2.36. The van der Waals surface area contributed by atoms with Crippen LogP contribution in [0.3, 0.4) is 0 Å². The van der Waals surface area contributed by atoms with Crippen molar-refractivity contribution in [3.63, 3.8) is 0 Å². The summed E-state index contributed by atoms with van der Waals surface area (Å²) in [7, 11) is 0. The van der Waals surface area contributed by atoms with Gasteiger partial charge in [0.2, 0.25) is 11.8 Å². The molecule has 1 aliphatic rings. The largest absolute Gasteiger partial charge is 0.481 e. The van der Waals surface area contributed by atoms with E-state index in [1.165, 1.54) is 4.90 Å². The van der Waals surface area contributed by atoms with Crippen LogP contribution in [0.15, 0.2) is 0 Å². The molecule has 2 amide bonds. The van der Waals surface area contributed by atoms with Gasteiger partial charge in [0.05, 0.1) is 17.9 Å². The highest BCUT2D eigenvalue weighted by molar-refractivity contribution is 5.87. The first kappa shape index (κ1) is 16.4. The van der Waals surface area contributed by atoms with Gasteiger partial charge in [-0.2, -0.15) is 0 Å². The molecule has 1 saturated heterocycles. The van der Waals surface area contributed by atoms with E-state index in [0.29, 0.717) is 32.4 Å². The van der Waals surface area contributed by atoms with Gasteiger partial charge in [0.1, 0.15) is 0 Å². The normalized spacial score (nSPS) is 19.4. The average Bonchev–Trinajstić information content (AvgIpc) is 2.38. The lowest BCUT2D eigenvalue weighted by Crippen LogP contribution is -2.51. The number of carboxylic acid groups (broad SMARTS) is 1. The van der Waals surface area contributed by atoms with Gasteiger partial charge in [0, 0.05) is 13.1 Å². The molecule has 1 fully saturated rings. The molecule has 0 radical (unpaired) electrons. The average molecular weight is 285 g/mol. The van der Waals surface area contributed by atoms with Crippen molar-refractivity contribution in [3.8, 4) is 0 Å². The Morgan fingerprint density at radius 2 is 1.85 bits per heavy atom. The Hall–Kier alpha value is -1.63. The topological polar surface area (TPSA) is 127 Å². The highest BCUT2D eigenvalue weighted by atomic mass is 16.4. The predicted molar refractivity (Wildman–Crippen MR) is 72.6 cm³/mol. The van der Waals surface area contributed by atoms with Crippen molar-refractivity contribution in [1.82, 2.24) is 4.90 Å². The van der Waals surface area contributed by atoms with Gasteiger partial charge in [0.25, 0.3) is 0 Å². The second-order valence-corrected chi connectivity index (χ2v) is 5.44. The molecule has 1 aliphatic heterocycles. The number of likely N-dealkylation sites (tertiary alicyclic amines) is 1. The molecule has 1 heterocycles. The number of carbonyl (C=O) groups is 3. The van der Waals surface area contributed by atoms with E-state index in [9.17, 15) is 19.5 Å². The second-order valence-electron chi connectivity index (χ2n) is 5.44.